The number of rotatable bonds is 5. The average Bonchev–Trinajstić information content (AvgIpc) is 2.93. The summed E-state index contributed by atoms with van der Waals surface area (Å²) in [4.78, 5) is 16.0. The van der Waals surface area contributed by atoms with Gasteiger partial charge in [0, 0.05) is 12.6 Å². The van der Waals surface area contributed by atoms with Gasteiger partial charge >= 0.3 is 0 Å². The molecule has 1 amide bonds. The Balaban J connectivity index is 1.76. The van der Waals surface area contributed by atoms with E-state index < -0.39 is 5.91 Å². The first kappa shape index (κ1) is 14.9. The van der Waals surface area contributed by atoms with Gasteiger partial charge in [-0.05, 0) is 40.0 Å². The van der Waals surface area contributed by atoms with Crippen LogP contribution in [0.4, 0.5) is 0 Å². The van der Waals surface area contributed by atoms with Crippen LogP contribution in [0.5, 0.6) is 0 Å². The molecule has 2 rings (SSSR count). The van der Waals surface area contributed by atoms with Gasteiger partial charge in [-0.15, -0.1) is 5.10 Å². The van der Waals surface area contributed by atoms with Crippen LogP contribution >= 0.6 is 0 Å². The number of carbonyl (C=O) groups is 1. The lowest BCUT2D eigenvalue weighted by atomic mass is 10.0. The lowest BCUT2D eigenvalue weighted by molar-refractivity contribution is 0.0948. The molecule has 8 heteroatoms. The maximum Gasteiger partial charge on any atom is 0.287 e. The Morgan fingerprint density at radius 3 is 2.75 bits per heavy atom. The molecule has 112 valence electrons. The fourth-order valence-corrected chi connectivity index (χ4v) is 2.49. The molecule has 3 N–H and O–H groups in total. The SMILES string of the molecule is CN(C)C1CCN(CCn2cc(C(=O)NN)nn2)CC1. The molecule has 8 nitrogen and oxygen atoms in total. The molecule has 1 fully saturated rings. The molecule has 20 heavy (non-hydrogen) atoms. The highest BCUT2D eigenvalue weighted by atomic mass is 16.2. The Morgan fingerprint density at radius 2 is 2.15 bits per heavy atom. The molecular weight excluding hydrogens is 258 g/mol. The third kappa shape index (κ3) is 3.75. The van der Waals surface area contributed by atoms with Crippen molar-refractivity contribution in [3.63, 3.8) is 0 Å². The number of carbonyl (C=O) groups excluding carboxylic acids is 1. The van der Waals surface area contributed by atoms with Crippen molar-refractivity contribution in [3.05, 3.63) is 11.9 Å². The molecule has 1 aromatic heterocycles. The van der Waals surface area contributed by atoms with Gasteiger partial charge in [0.2, 0.25) is 0 Å². The number of nitrogen functional groups attached to an aromatic ring is 1. The van der Waals surface area contributed by atoms with Crippen molar-refractivity contribution in [3.8, 4) is 0 Å². The Labute approximate surface area is 118 Å². The van der Waals surface area contributed by atoms with Crippen molar-refractivity contribution in [2.24, 2.45) is 5.84 Å². The number of nitrogens with one attached hydrogen (secondary N) is 1. The molecule has 0 spiro atoms. The first-order chi connectivity index (χ1) is 9.60. The van der Waals surface area contributed by atoms with E-state index >= 15 is 0 Å². The van der Waals surface area contributed by atoms with Crippen LogP contribution in [0.2, 0.25) is 0 Å². The first-order valence-corrected chi connectivity index (χ1v) is 6.90. The predicted octanol–water partition coefficient (Wildman–Crippen LogP) is -1.09. The van der Waals surface area contributed by atoms with E-state index in [-0.39, 0.29) is 5.69 Å². The van der Waals surface area contributed by atoms with E-state index in [9.17, 15) is 4.79 Å². The second kappa shape index (κ2) is 6.78. The molecule has 0 atom stereocenters. The molecule has 0 radical (unpaired) electrons. The number of hydrogen-bond donors (Lipinski definition) is 2. The summed E-state index contributed by atoms with van der Waals surface area (Å²) in [6.07, 6.45) is 4.02. The van der Waals surface area contributed by atoms with Gasteiger partial charge < -0.3 is 9.80 Å². The fraction of sp³-hybridized carbons (Fsp3) is 0.750. The lowest BCUT2D eigenvalue weighted by Gasteiger charge is -2.35. The number of amides is 1. The summed E-state index contributed by atoms with van der Waals surface area (Å²) in [7, 11) is 4.28. The van der Waals surface area contributed by atoms with Gasteiger partial charge in [-0.25, -0.2) is 5.84 Å². The minimum Gasteiger partial charge on any atom is -0.306 e. The molecule has 0 aromatic carbocycles. The smallest absolute Gasteiger partial charge is 0.287 e. The Morgan fingerprint density at radius 1 is 1.45 bits per heavy atom. The second-order valence-electron chi connectivity index (χ2n) is 5.38. The molecule has 2 heterocycles. The summed E-state index contributed by atoms with van der Waals surface area (Å²) in [6, 6.07) is 0.692. The Hall–Kier alpha value is -1.51. The summed E-state index contributed by atoms with van der Waals surface area (Å²) >= 11 is 0. The van der Waals surface area contributed by atoms with Crippen molar-refractivity contribution in [1.82, 2.24) is 30.2 Å². The molecule has 1 aliphatic rings. The van der Waals surface area contributed by atoms with E-state index in [2.05, 4.69) is 34.2 Å². The van der Waals surface area contributed by atoms with E-state index in [1.807, 2.05) is 5.43 Å². The third-order valence-electron chi connectivity index (χ3n) is 3.84. The molecule has 1 saturated heterocycles. The Kier molecular flexibility index (Phi) is 5.05. The standard InChI is InChI=1S/C12H23N7O/c1-17(2)10-3-5-18(6-4-10)7-8-19-9-11(15-16-19)12(20)14-13/h9-10H,3-8,13H2,1-2H3,(H,14,20). The number of aromatic nitrogens is 3. The minimum absolute atomic E-state index is 0.249. The lowest BCUT2D eigenvalue weighted by Crippen LogP contribution is -2.42. The largest absolute Gasteiger partial charge is 0.306 e. The maximum absolute atomic E-state index is 11.3. The zero-order chi connectivity index (χ0) is 14.5. The van der Waals surface area contributed by atoms with Crippen LogP contribution < -0.4 is 11.3 Å². The van der Waals surface area contributed by atoms with Crippen molar-refractivity contribution in [1.29, 1.82) is 0 Å². The first-order valence-electron chi connectivity index (χ1n) is 6.90. The van der Waals surface area contributed by atoms with Gasteiger partial charge in [0.15, 0.2) is 5.69 Å². The van der Waals surface area contributed by atoms with Crippen LogP contribution in [0.25, 0.3) is 0 Å². The highest BCUT2D eigenvalue weighted by molar-refractivity contribution is 5.91. The molecule has 1 aromatic rings. The molecule has 0 saturated carbocycles. The molecule has 0 bridgehead atoms. The number of nitrogens with zero attached hydrogens (tertiary/aromatic N) is 5. The van der Waals surface area contributed by atoms with Gasteiger partial charge in [-0.1, -0.05) is 5.21 Å². The summed E-state index contributed by atoms with van der Waals surface area (Å²) in [5.41, 5.74) is 2.29. The third-order valence-corrected chi connectivity index (χ3v) is 3.84. The van der Waals surface area contributed by atoms with Crippen LogP contribution in [0.3, 0.4) is 0 Å². The second-order valence-corrected chi connectivity index (χ2v) is 5.38. The monoisotopic (exact) mass is 281 g/mol. The maximum atomic E-state index is 11.3. The predicted molar refractivity (Wildman–Crippen MR) is 74.8 cm³/mol. The highest BCUT2D eigenvalue weighted by Gasteiger charge is 2.20. The van der Waals surface area contributed by atoms with Crippen LogP contribution in [-0.4, -0.2) is 70.5 Å². The topological polar surface area (TPSA) is 92.3 Å². The summed E-state index contributed by atoms with van der Waals surface area (Å²) in [5.74, 6) is 4.64. The van der Waals surface area contributed by atoms with E-state index in [0.717, 1.165) is 26.2 Å². The minimum atomic E-state index is -0.414. The van der Waals surface area contributed by atoms with Gasteiger partial charge in [-0.3, -0.25) is 14.9 Å². The fourth-order valence-electron chi connectivity index (χ4n) is 2.49. The van der Waals surface area contributed by atoms with Crippen LogP contribution in [0.15, 0.2) is 6.20 Å². The molecule has 0 unspecified atom stereocenters. The van der Waals surface area contributed by atoms with E-state index in [4.69, 9.17) is 5.84 Å². The van der Waals surface area contributed by atoms with Gasteiger partial charge in [0.05, 0.1) is 12.7 Å². The number of hydrazine groups is 1. The zero-order valence-corrected chi connectivity index (χ0v) is 12.1. The number of likely N-dealkylation sites (tertiary alicyclic amines) is 1. The van der Waals surface area contributed by atoms with Crippen molar-refractivity contribution in [2.75, 3.05) is 33.7 Å². The average molecular weight is 281 g/mol. The van der Waals surface area contributed by atoms with Crippen molar-refractivity contribution >= 4 is 5.91 Å². The zero-order valence-electron chi connectivity index (χ0n) is 12.1. The van der Waals surface area contributed by atoms with E-state index in [1.54, 1.807) is 10.9 Å². The summed E-state index contributed by atoms with van der Waals surface area (Å²) < 4.78 is 1.68. The van der Waals surface area contributed by atoms with Gasteiger partial charge in [0.1, 0.15) is 0 Å². The quantitative estimate of drug-likeness (QED) is 0.405. The molecule has 1 aliphatic heterocycles. The van der Waals surface area contributed by atoms with Crippen molar-refractivity contribution < 1.29 is 4.79 Å². The van der Waals surface area contributed by atoms with E-state index in [0.29, 0.717) is 6.04 Å². The van der Waals surface area contributed by atoms with Crippen molar-refractivity contribution in [2.45, 2.75) is 25.4 Å². The highest BCUT2D eigenvalue weighted by Crippen LogP contribution is 2.13. The summed E-state index contributed by atoms with van der Waals surface area (Å²) in [5, 5.41) is 7.71. The normalized spacial score (nSPS) is 17.6. The van der Waals surface area contributed by atoms with Gasteiger partial charge in [0.25, 0.3) is 5.91 Å². The molecular formula is C12H23N7O. The van der Waals surface area contributed by atoms with Crippen LogP contribution in [0.1, 0.15) is 23.3 Å². The Bertz CT molecular complexity index is 437. The van der Waals surface area contributed by atoms with Gasteiger partial charge in [-0.2, -0.15) is 0 Å². The number of nitrogens with two attached hydrogens (primary N) is 1. The summed E-state index contributed by atoms with van der Waals surface area (Å²) in [6.45, 7) is 3.87. The number of piperidine rings is 1. The molecule has 0 aliphatic carbocycles. The number of hydrogen-bond acceptors (Lipinski definition) is 6. The van der Waals surface area contributed by atoms with E-state index in [1.165, 1.54) is 12.8 Å². The van der Waals surface area contributed by atoms with Crippen LogP contribution in [-0.2, 0) is 6.54 Å². The van der Waals surface area contributed by atoms with Crippen LogP contribution in [0, 0.1) is 0 Å².